The van der Waals surface area contributed by atoms with Crippen LogP contribution in [0.15, 0.2) is 4.99 Å². The zero-order valence-corrected chi connectivity index (χ0v) is 12.2. The summed E-state index contributed by atoms with van der Waals surface area (Å²) in [5.41, 5.74) is 1.47. The summed E-state index contributed by atoms with van der Waals surface area (Å²) in [6, 6.07) is 1.25. The lowest BCUT2D eigenvalue weighted by Gasteiger charge is -2.21. The van der Waals surface area contributed by atoms with E-state index < -0.39 is 8.32 Å². The van der Waals surface area contributed by atoms with Crippen LogP contribution in [0.1, 0.15) is 45.4 Å². The van der Waals surface area contributed by atoms with Gasteiger partial charge in [-0.2, -0.15) is 0 Å². The molecular weight excluding hydrogens is 214 g/mol. The van der Waals surface area contributed by atoms with Crippen molar-refractivity contribution in [2.45, 2.75) is 64.6 Å². The van der Waals surface area contributed by atoms with Gasteiger partial charge in [0, 0.05) is 18.9 Å². The quantitative estimate of drug-likeness (QED) is 0.508. The SMILES string of the molecule is CCO[Si](C)(C)CCCN=C1CCCCC1. The van der Waals surface area contributed by atoms with E-state index in [4.69, 9.17) is 9.42 Å². The van der Waals surface area contributed by atoms with E-state index in [-0.39, 0.29) is 0 Å². The van der Waals surface area contributed by atoms with Crippen molar-refractivity contribution in [3.8, 4) is 0 Å². The summed E-state index contributed by atoms with van der Waals surface area (Å²) >= 11 is 0. The van der Waals surface area contributed by atoms with Gasteiger partial charge >= 0.3 is 0 Å². The number of aliphatic imine (C=N–C) groups is 1. The van der Waals surface area contributed by atoms with E-state index in [0.717, 1.165) is 13.2 Å². The third kappa shape index (κ3) is 5.80. The third-order valence-corrected chi connectivity index (χ3v) is 5.87. The van der Waals surface area contributed by atoms with Crippen molar-refractivity contribution < 1.29 is 4.43 Å². The summed E-state index contributed by atoms with van der Waals surface area (Å²) in [7, 11) is -1.36. The topological polar surface area (TPSA) is 21.6 Å². The lowest BCUT2D eigenvalue weighted by molar-refractivity contribution is 0.328. The van der Waals surface area contributed by atoms with Gasteiger partial charge in [-0.15, -0.1) is 0 Å². The minimum Gasteiger partial charge on any atom is -0.418 e. The number of hydrogen-bond donors (Lipinski definition) is 0. The molecule has 0 unspecified atom stereocenters. The molecule has 1 fully saturated rings. The van der Waals surface area contributed by atoms with Gasteiger partial charge in [-0.05, 0) is 58.2 Å². The predicted molar refractivity (Wildman–Crippen MR) is 73.9 cm³/mol. The highest BCUT2D eigenvalue weighted by atomic mass is 28.4. The number of nitrogens with zero attached hydrogens (tertiary/aromatic N) is 1. The summed E-state index contributed by atoms with van der Waals surface area (Å²) in [6.45, 7) is 8.61. The molecule has 16 heavy (non-hydrogen) atoms. The minimum atomic E-state index is -1.36. The lowest BCUT2D eigenvalue weighted by Crippen LogP contribution is -2.30. The molecule has 0 aliphatic heterocycles. The first kappa shape index (κ1) is 13.9. The van der Waals surface area contributed by atoms with Crippen LogP contribution in [0.25, 0.3) is 0 Å². The Morgan fingerprint density at radius 1 is 1.19 bits per heavy atom. The van der Waals surface area contributed by atoms with Crippen molar-refractivity contribution in [2.75, 3.05) is 13.2 Å². The first-order valence-corrected chi connectivity index (χ1v) is 9.92. The second kappa shape index (κ2) is 7.23. The van der Waals surface area contributed by atoms with E-state index in [1.54, 1.807) is 0 Å². The Kier molecular flexibility index (Phi) is 6.28. The van der Waals surface area contributed by atoms with E-state index in [1.165, 1.54) is 50.3 Å². The first-order valence-electron chi connectivity index (χ1n) is 6.80. The Labute approximate surface area is 102 Å². The fourth-order valence-electron chi connectivity index (χ4n) is 2.32. The van der Waals surface area contributed by atoms with Crippen LogP contribution in [0, 0.1) is 0 Å². The highest BCUT2D eigenvalue weighted by molar-refractivity contribution is 6.71. The summed E-state index contributed by atoms with van der Waals surface area (Å²) in [6.07, 6.45) is 7.85. The molecule has 0 saturated heterocycles. The van der Waals surface area contributed by atoms with Gasteiger partial charge in [0.1, 0.15) is 0 Å². The molecule has 0 aromatic carbocycles. The van der Waals surface area contributed by atoms with Crippen LogP contribution < -0.4 is 0 Å². The largest absolute Gasteiger partial charge is 0.418 e. The molecular formula is C13H27NOSi. The van der Waals surface area contributed by atoms with Gasteiger partial charge in [-0.25, -0.2) is 0 Å². The Bertz CT molecular complexity index is 218. The van der Waals surface area contributed by atoms with Crippen LogP contribution in [0.5, 0.6) is 0 Å². The molecule has 94 valence electrons. The Hall–Kier alpha value is -0.153. The fraction of sp³-hybridized carbons (Fsp3) is 0.923. The molecule has 3 heteroatoms. The molecule has 2 nitrogen and oxygen atoms in total. The van der Waals surface area contributed by atoms with E-state index in [0.29, 0.717) is 0 Å². The summed E-state index contributed by atoms with van der Waals surface area (Å²) in [5, 5.41) is 0. The number of hydrogen-bond acceptors (Lipinski definition) is 2. The van der Waals surface area contributed by atoms with Crippen molar-refractivity contribution in [3.05, 3.63) is 0 Å². The van der Waals surface area contributed by atoms with Crippen molar-refractivity contribution in [3.63, 3.8) is 0 Å². The van der Waals surface area contributed by atoms with Gasteiger partial charge in [-0.3, -0.25) is 4.99 Å². The van der Waals surface area contributed by atoms with Crippen LogP contribution in [-0.4, -0.2) is 27.2 Å². The van der Waals surface area contributed by atoms with Crippen molar-refractivity contribution in [1.82, 2.24) is 0 Å². The molecule has 1 saturated carbocycles. The first-order chi connectivity index (χ1) is 7.64. The maximum absolute atomic E-state index is 5.81. The molecule has 0 bridgehead atoms. The smallest absolute Gasteiger partial charge is 0.186 e. The highest BCUT2D eigenvalue weighted by Crippen LogP contribution is 2.16. The molecule has 1 aliphatic carbocycles. The summed E-state index contributed by atoms with van der Waals surface area (Å²) in [5.74, 6) is 0. The molecule has 0 heterocycles. The highest BCUT2D eigenvalue weighted by Gasteiger charge is 2.20. The van der Waals surface area contributed by atoms with Crippen LogP contribution in [0.3, 0.4) is 0 Å². The zero-order valence-electron chi connectivity index (χ0n) is 11.2. The summed E-state index contributed by atoms with van der Waals surface area (Å²) in [4.78, 5) is 4.73. The van der Waals surface area contributed by atoms with E-state index in [1.807, 2.05) is 0 Å². The van der Waals surface area contributed by atoms with Crippen molar-refractivity contribution in [2.24, 2.45) is 4.99 Å². The maximum atomic E-state index is 5.81. The molecule has 0 spiro atoms. The number of rotatable bonds is 6. The molecule has 0 amide bonds. The predicted octanol–water partition coefficient (Wildman–Crippen LogP) is 4.02. The fourth-order valence-corrected chi connectivity index (χ4v) is 4.26. The Balaban J connectivity index is 2.15. The van der Waals surface area contributed by atoms with Crippen LogP contribution in [-0.2, 0) is 4.43 Å². The molecule has 0 atom stereocenters. The Morgan fingerprint density at radius 3 is 2.50 bits per heavy atom. The second-order valence-corrected chi connectivity index (χ2v) is 9.61. The molecule has 0 N–H and O–H groups in total. The average molecular weight is 241 g/mol. The third-order valence-electron chi connectivity index (χ3n) is 3.24. The van der Waals surface area contributed by atoms with Gasteiger partial charge in [0.15, 0.2) is 8.32 Å². The summed E-state index contributed by atoms with van der Waals surface area (Å²) < 4.78 is 5.81. The molecule has 0 aromatic rings. The minimum absolute atomic E-state index is 0.869. The monoisotopic (exact) mass is 241 g/mol. The maximum Gasteiger partial charge on any atom is 0.186 e. The van der Waals surface area contributed by atoms with Gasteiger partial charge in [-0.1, -0.05) is 6.42 Å². The molecule has 0 radical (unpaired) electrons. The van der Waals surface area contributed by atoms with E-state index in [9.17, 15) is 0 Å². The van der Waals surface area contributed by atoms with Crippen LogP contribution in [0.4, 0.5) is 0 Å². The molecule has 1 aliphatic rings. The second-order valence-electron chi connectivity index (χ2n) is 5.30. The van der Waals surface area contributed by atoms with Crippen LogP contribution >= 0.6 is 0 Å². The van der Waals surface area contributed by atoms with Crippen LogP contribution in [0.2, 0.25) is 19.1 Å². The zero-order chi connectivity index (χ0) is 11.9. The Morgan fingerprint density at radius 2 is 1.88 bits per heavy atom. The van der Waals surface area contributed by atoms with Gasteiger partial charge in [0.05, 0.1) is 0 Å². The average Bonchev–Trinajstić information content (AvgIpc) is 2.26. The standard InChI is InChI=1S/C13H27NOSi/c1-4-15-16(2,3)12-8-11-14-13-9-6-5-7-10-13/h4-12H2,1-3H3. The van der Waals surface area contributed by atoms with Gasteiger partial charge < -0.3 is 4.43 Å². The van der Waals surface area contributed by atoms with Gasteiger partial charge in [0.25, 0.3) is 0 Å². The van der Waals surface area contributed by atoms with Gasteiger partial charge in [0.2, 0.25) is 0 Å². The van der Waals surface area contributed by atoms with E-state index in [2.05, 4.69) is 20.0 Å². The van der Waals surface area contributed by atoms with E-state index >= 15 is 0 Å². The molecule has 0 aromatic heterocycles. The van der Waals surface area contributed by atoms with Crippen molar-refractivity contribution in [1.29, 1.82) is 0 Å². The molecule has 1 rings (SSSR count). The normalized spacial score (nSPS) is 17.6. The lowest BCUT2D eigenvalue weighted by atomic mass is 9.98. The van der Waals surface area contributed by atoms with Crippen molar-refractivity contribution >= 4 is 14.0 Å².